The highest BCUT2D eigenvalue weighted by atomic mass is 16.6. The first-order valence-electron chi connectivity index (χ1n) is 6.96. The molecule has 114 valence electrons. The van der Waals surface area contributed by atoms with Crippen molar-refractivity contribution in [3.05, 3.63) is 24.3 Å². The average molecular weight is 292 g/mol. The van der Waals surface area contributed by atoms with Crippen molar-refractivity contribution in [1.29, 1.82) is 0 Å². The molecule has 0 aromatic heterocycles. The SMILES string of the molecule is COC(=O)COc1ccc(NC(=O)C2CCCC2N)cc1. The minimum atomic E-state index is -0.442. The fourth-order valence-electron chi connectivity index (χ4n) is 2.38. The molecule has 0 radical (unpaired) electrons. The Bertz CT molecular complexity index is 501. The van der Waals surface area contributed by atoms with Gasteiger partial charge in [0.15, 0.2) is 6.61 Å². The number of rotatable bonds is 5. The largest absolute Gasteiger partial charge is 0.482 e. The zero-order valence-electron chi connectivity index (χ0n) is 12.0. The standard InChI is InChI=1S/C15H20N2O4/c1-20-14(18)9-21-11-7-5-10(6-8-11)17-15(19)12-3-2-4-13(12)16/h5-8,12-13H,2-4,9,16H2,1H3,(H,17,19). The third-order valence-electron chi connectivity index (χ3n) is 3.61. The van der Waals surface area contributed by atoms with Crippen molar-refractivity contribution in [2.24, 2.45) is 11.7 Å². The van der Waals surface area contributed by atoms with E-state index in [2.05, 4.69) is 10.1 Å². The summed E-state index contributed by atoms with van der Waals surface area (Å²) < 4.78 is 9.71. The third kappa shape index (κ3) is 4.19. The summed E-state index contributed by atoms with van der Waals surface area (Å²) in [6, 6.07) is 6.78. The van der Waals surface area contributed by atoms with Gasteiger partial charge in [0.2, 0.25) is 5.91 Å². The van der Waals surface area contributed by atoms with E-state index >= 15 is 0 Å². The molecule has 1 fully saturated rings. The van der Waals surface area contributed by atoms with Crippen LogP contribution < -0.4 is 15.8 Å². The van der Waals surface area contributed by atoms with Gasteiger partial charge in [-0.1, -0.05) is 6.42 Å². The van der Waals surface area contributed by atoms with E-state index < -0.39 is 5.97 Å². The highest BCUT2D eigenvalue weighted by molar-refractivity contribution is 5.93. The van der Waals surface area contributed by atoms with E-state index in [-0.39, 0.29) is 24.5 Å². The number of methoxy groups -OCH3 is 1. The third-order valence-corrected chi connectivity index (χ3v) is 3.61. The van der Waals surface area contributed by atoms with Gasteiger partial charge in [-0.15, -0.1) is 0 Å². The topological polar surface area (TPSA) is 90.6 Å². The van der Waals surface area contributed by atoms with Crippen molar-refractivity contribution in [3.63, 3.8) is 0 Å². The summed E-state index contributed by atoms with van der Waals surface area (Å²) in [7, 11) is 1.30. The van der Waals surface area contributed by atoms with E-state index in [0.717, 1.165) is 19.3 Å². The second-order valence-corrected chi connectivity index (χ2v) is 5.08. The molecule has 6 heteroatoms. The number of amides is 1. The summed E-state index contributed by atoms with van der Waals surface area (Å²) in [5, 5.41) is 2.85. The molecular formula is C15H20N2O4. The Kier molecular flexibility index (Phi) is 5.16. The molecule has 0 spiro atoms. The van der Waals surface area contributed by atoms with Gasteiger partial charge in [-0.05, 0) is 37.1 Å². The van der Waals surface area contributed by atoms with Crippen LogP contribution in [0, 0.1) is 5.92 Å². The maximum atomic E-state index is 12.1. The number of carbonyl (C=O) groups excluding carboxylic acids is 2. The second-order valence-electron chi connectivity index (χ2n) is 5.08. The van der Waals surface area contributed by atoms with E-state index in [1.54, 1.807) is 24.3 Å². The monoisotopic (exact) mass is 292 g/mol. The summed E-state index contributed by atoms with van der Waals surface area (Å²) in [6.45, 7) is -0.140. The molecule has 0 bridgehead atoms. The normalized spacial score (nSPS) is 20.9. The highest BCUT2D eigenvalue weighted by Crippen LogP contribution is 2.25. The predicted octanol–water partition coefficient (Wildman–Crippen LogP) is 1.30. The lowest BCUT2D eigenvalue weighted by Crippen LogP contribution is -2.34. The summed E-state index contributed by atoms with van der Waals surface area (Å²) in [4.78, 5) is 23.0. The van der Waals surface area contributed by atoms with Gasteiger partial charge in [0.05, 0.1) is 13.0 Å². The lowest BCUT2D eigenvalue weighted by atomic mass is 10.0. The van der Waals surface area contributed by atoms with Gasteiger partial charge in [0.1, 0.15) is 5.75 Å². The van der Waals surface area contributed by atoms with Crippen LogP contribution in [-0.4, -0.2) is 31.6 Å². The van der Waals surface area contributed by atoms with Gasteiger partial charge in [0, 0.05) is 11.7 Å². The average Bonchev–Trinajstić information content (AvgIpc) is 2.92. The number of benzene rings is 1. The molecule has 0 heterocycles. The minimum Gasteiger partial charge on any atom is -0.482 e. The van der Waals surface area contributed by atoms with E-state index in [1.807, 2.05) is 0 Å². The van der Waals surface area contributed by atoms with Gasteiger partial charge >= 0.3 is 5.97 Å². The molecule has 1 aromatic rings. The van der Waals surface area contributed by atoms with Crippen LogP contribution in [0.3, 0.4) is 0 Å². The van der Waals surface area contributed by atoms with E-state index in [0.29, 0.717) is 11.4 Å². The molecule has 1 aromatic carbocycles. The molecule has 1 amide bonds. The molecule has 1 aliphatic carbocycles. The number of ether oxygens (including phenoxy) is 2. The van der Waals surface area contributed by atoms with Crippen molar-refractivity contribution >= 4 is 17.6 Å². The van der Waals surface area contributed by atoms with Crippen molar-refractivity contribution in [2.45, 2.75) is 25.3 Å². The van der Waals surface area contributed by atoms with Crippen LogP contribution in [0.1, 0.15) is 19.3 Å². The zero-order chi connectivity index (χ0) is 15.2. The second kappa shape index (κ2) is 7.08. The van der Waals surface area contributed by atoms with Crippen LogP contribution in [0.2, 0.25) is 0 Å². The summed E-state index contributed by atoms with van der Waals surface area (Å²) in [5.74, 6) is -0.0537. The molecule has 6 nitrogen and oxygen atoms in total. The van der Waals surface area contributed by atoms with Crippen molar-refractivity contribution in [3.8, 4) is 5.75 Å². The number of anilines is 1. The molecule has 2 rings (SSSR count). The van der Waals surface area contributed by atoms with E-state index in [9.17, 15) is 9.59 Å². The van der Waals surface area contributed by atoms with Gasteiger partial charge in [-0.3, -0.25) is 4.79 Å². The van der Waals surface area contributed by atoms with Crippen molar-refractivity contribution in [2.75, 3.05) is 19.0 Å². The van der Waals surface area contributed by atoms with Gasteiger partial charge in [0.25, 0.3) is 0 Å². The van der Waals surface area contributed by atoms with E-state index in [1.165, 1.54) is 7.11 Å². The minimum absolute atomic E-state index is 0.0387. The lowest BCUT2D eigenvalue weighted by molar-refractivity contribution is -0.142. The first-order valence-corrected chi connectivity index (χ1v) is 6.96. The van der Waals surface area contributed by atoms with Crippen LogP contribution in [-0.2, 0) is 14.3 Å². The number of hydrogen-bond donors (Lipinski definition) is 2. The maximum Gasteiger partial charge on any atom is 0.343 e. The summed E-state index contributed by atoms with van der Waals surface area (Å²) >= 11 is 0. The number of esters is 1. The Hall–Kier alpha value is -2.08. The smallest absolute Gasteiger partial charge is 0.343 e. The first kappa shape index (κ1) is 15.3. The quantitative estimate of drug-likeness (QED) is 0.798. The highest BCUT2D eigenvalue weighted by Gasteiger charge is 2.30. The van der Waals surface area contributed by atoms with Crippen LogP contribution in [0.25, 0.3) is 0 Å². The van der Waals surface area contributed by atoms with E-state index in [4.69, 9.17) is 10.5 Å². The summed E-state index contributed by atoms with van der Waals surface area (Å²) in [5.41, 5.74) is 6.60. The Morgan fingerprint density at radius 2 is 2.00 bits per heavy atom. The zero-order valence-corrected chi connectivity index (χ0v) is 12.0. The summed E-state index contributed by atoms with van der Waals surface area (Å²) in [6.07, 6.45) is 2.74. The van der Waals surface area contributed by atoms with Gasteiger partial charge in [-0.25, -0.2) is 4.79 Å². The van der Waals surface area contributed by atoms with Gasteiger partial charge in [-0.2, -0.15) is 0 Å². The Morgan fingerprint density at radius 1 is 1.29 bits per heavy atom. The van der Waals surface area contributed by atoms with Gasteiger partial charge < -0.3 is 20.5 Å². The van der Waals surface area contributed by atoms with Crippen LogP contribution in [0.15, 0.2) is 24.3 Å². The molecule has 2 atom stereocenters. The number of nitrogens with two attached hydrogens (primary N) is 1. The maximum absolute atomic E-state index is 12.1. The Morgan fingerprint density at radius 3 is 2.57 bits per heavy atom. The number of nitrogens with one attached hydrogen (secondary N) is 1. The van der Waals surface area contributed by atoms with Crippen molar-refractivity contribution in [1.82, 2.24) is 0 Å². The van der Waals surface area contributed by atoms with Crippen LogP contribution >= 0.6 is 0 Å². The molecule has 21 heavy (non-hydrogen) atoms. The van der Waals surface area contributed by atoms with Crippen LogP contribution in [0.5, 0.6) is 5.75 Å². The van der Waals surface area contributed by atoms with Crippen molar-refractivity contribution < 1.29 is 19.1 Å². The number of hydrogen-bond acceptors (Lipinski definition) is 5. The fourth-order valence-corrected chi connectivity index (χ4v) is 2.38. The molecule has 1 saturated carbocycles. The fraction of sp³-hybridized carbons (Fsp3) is 0.467. The molecule has 0 saturated heterocycles. The van der Waals surface area contributed by atoms with Crippen LogP contribution in [0.4, 0.5) is 5.69 Å². The molecular weight excluding hydrogens is 272 g/mol. The molecule has 0 aliphatic heterocycles. The molecule has 2 unspecified atom stereocenters. The first-order chi connectivity index (χ1) is 10.1. The predicted molar refractivity (Wildman–Crippen MR) is 77.9 cm³/mol. The lowest BCUT2D eigenvalue weighted by Gasteiger charge is -2.15. The Labute approximate surface area is 123 Å². The molecule has 1 aliphatic rings. The Balaban J connectivity index is 1.87. The molecule has 3 N–H and O–H groups in total. The number of carbonyl (C=O) groups is 2.